The zero-order valence-electron chi connectivity index (χ0n) is 21.6. The quantitative estimate of drug-likeness (QED) is 0.328. The highest BCUT2D eigenvalue weighted by molar-refractivity contribution is 5.68. The number of ether oxygens (including phenoxy) is 2. The van der Waals surface area contributed by atoms with Gasteiger partial charge in [-0.05, 0) is 49.2 Å². The molecule has 1 aliphatic rings. The second-order valence-corrected chi connectivity index (χ2v) is 9.26. The first kappa shape index (κ1) is 27.1. The number of benzene rings is 2. The van der Waals surface area contributed by atoms with E-state index in [9.17, 15) is 22.8 Å². The fourth-order valence-electron chi connectivity index (χ4n) is 4.76. The van der Waals surface area contributed by atoms with Crippen LogP contribution in [0.25, 0.3) is 27.5 Å². The largest absolute Gasteiger partial charge is 0.416 e. The van der Waals surface area contributed by atoms with Crippen LogP contribution in [-0.2, 0) is 29.1 Å². The van der Waals surface area contributed by atoms with Crippen LogP contribution in [0, 0.1) is 13.5 Å². The topological polar surface area (TPSA) is 84.6 Å². The molecule has 2 aromatic carbocycles. The lowest BCUT2D eigenvalue weighted by Crippen LogP contribution is -2.40. The lowest BCUT2D eigenvalue weighted by Gasteiger charge is -2.19. The summed E-state index contributed by atoms with van der Waals surface area (Å²) in [4.78, 5) is 30.3. The van der Waals surface area contributed by atoms with E-state index in [0.29, 0.717) is 48.7 Å². The van der Waals surface area contributed by atoms with Gasteiger partial charge in [0.25, 0.3) is 5.56 Å². The second kappa shape index (κ2) is 10.6. The zero-order chi connectivity index (χ0) is 28.6. The molecule has 3 heterocycles. The molecule has 9 nitrogen and oxygen atoms in total. The highest BCUT2D eigenvalue weighted by atomic mass is 19.4. The maximum Gasteiger partial charge on any atom is 0.416 e. The third-order valence-corrected chi connectivity index (χ3v) is 6.77. The molecule has 1 saturated heterocycles. The summed E-state index contributed by atoms with van der Waals surface area (Å²) in [6.07, 6.45) is -2.55. The number of aromatic nitrogens is 4. The SMILES string of the molecule is [C-]#[N+]c1ccc(-n2ncc(CCC3OCCO3)c2-c2c(C)n(-c3cccc(C(F)(F)F)c3)c(=O)n(C)c2=O)cc1. The molecule has 12 heteroatoms. The van der Waals surface area contributed by atoms with Crippen molar-refractivity contribution in [3.8, 4) is 22.6 Å². The first-order chi connectivity index (χ1) is 19.1. The Balaban J connectivity index is 1.74. The van der Waals surface area contributed by atoms with Crippen LogP contribution in [0.1, 0.15) is 23.2 Å². The van der Waals surface area contributed by atoms with Crippen LogP contribution in [0.3, 0.4) is 0 Å². The van der Waals surface area contributed by atoms with Gasteiger partial charge in [-0.2, -0.15) is 18.3 Å². The van der Waals surface area contributed by atoms with Crippen molar-refractivity contribution in [2.45, 2.75) is 32.2 Å². The van der Waals surface area contributed by atoms with Gasteiger partial charge in [-0.1, -0.05) is 18.2 Å². The summed E-state index contributed by atoms with van der Waals surface area (Å²) in [5.41, 5.74) is -0.0953. The lowest BCUT2D eigenvalue weighted by atomic mass is 10.0. The third-order valence-electron chi connectivity index (χ3n) is 6.77. The average molecular weight is 552 g/mol. The van der Waals surface area contributed by atoms with E-state index in [1.54, 1.807) is 30.5 Å². The molecule has 0 radical (unpaired) electrons. The standard InChI is InChI=1S/C28H24F3N5O4/c1-17-24(26(37)34(3)27(38)35(17)22-6-4-5-19(15-22)28(29,30)31)25-18(7-12-23-39-13-14-40-23)16-33-36(25)21-10-8-20(32-2)9-11-21/h4-6,8-11,15-16,23H,7,12-14H2,1,3H3. The first-order valence-corrected chi connectivity index (χ1v) is 12.4. The van der Waals surface area contributed by atoms with Crippen LogP contribution in [0.4, 0.5) is 18.9 Å². The molecule has 0 bridgehead atoms. The van der Waals surface area contributed by atoms with Crippen LogP contribution in [0.15, 0.2) is 64.3 Å². The summed E-state index contributed by atoms with van der Waals surface area (Å²) < 4.78 is 55.1. The number of aryl methyl sites for hydroxylation is 1. The maximum atomic E-state index is 13.7. The second-order valence-electron chi connectivity index (χ2n) is 9.26. The Labute approximate surface area is 226 Å². The van der Waals surface area contributed by atoms with E-state index >= 15 is 0 Å². The number of alkyl halides is 3. The third kappa shape index (κ3) is 4.97. The Bertz CT molecular complexity index is 1720. The fraction of sp³-hybridized carbons (Fsp3) is 0.286. The number of hydrogen-bond donors (Lipinski definition) is 0. The molecule has 0 spiro atoms. The van der Waals surface area contributed by atoms with Crippen LogP contribution in [0.2, 0.25) is 0 Å². The lowest BCUT2D eigenvalue weighted by molar-refractivity contribution is -0.137. The molecular formula is C28H24F3N5O4. The summed E-state index contributed by atoms with van der Waals surface area (Å²) in [6.45, 7) is 9.70. The van der Waals surface area contributed by atoms with Gasteiger partial charge in [0.15, 0.2) is 12.0 Å². The Morgan fingerprint density at radius 3 is 2.42 bits per heavy atom. The van der Waals surface area contributed by atoms with E-state index in [4.69, 9.17) is 16.0 Å². The molecule has 4 aromatic rings. The fourth-order valence-corrected chi connectivity index (χ4v) is 4.76. The van der Waals surface area contributed by atoms with Crippen molar-refractivity contribution >= 4 is 5.69 Å². The van der Waals surface area contributed by atoms with Crippen molar-refractivity contribution in [3.05, 3.63) is 104 Å². The molecule has 5 rings (SSSR count). The van der Waals surface area contributed by atoms with Gasteiger partial charge >= 0.3 is 11.9 Å². The Morgan fingerprint density at radius 1 is 1.07 bits per heavy atom. The van der Waals surface area contributed by atoms with Crippen LogP contribution >= 0.6 is 0 Å². The van der Waals surface area contributed by atoms with E-state index in [1.165, 1.54) is 30.8 Å². The minimum atomic E-state index is -4.62. The van der Waals surface area contributed by atoms with Crippen molar-refractivity contribution in [1.29, 1.82) is 0 Å². The van der Waals surface area contributed by atoms with Gasteiger partial charge in [0, 0.05) is 19.2 Å². The van der Waals surface area contributed by atoms with Crippen molar-refractivity contribution in [2.24, 2.45) is 7.05 Å². The van der Waals surface area contributed by atoms with E-state index < -0.39 is 29.3 Å². The zero-order valence-corrected chi connectivity index (χ0v) is 21.6. The molecule has 0 atom stereocenters. The van der Waals surface area contributed by atoms with Crippen molar-refractivity contribution in [3.63, 3.8) is 0 Å². The number of halogens is 3. The molecular weight excluding hydrogens is 527 g/mol. The monoisotopic (exact) mass is 551 g/mol. The predicted molar refractivity (Wildman–Crippen MR) is 140 cm³/mol. The minimum absolute atomic E-state index is 0.0315. The smallest absolute Gasteiger partial charge is 0.350 e. The Kier molecular flexibility index (Phi) is 7.18. The normalized spacial score (nSPS) is 14.0. The van der Waals surface area contributed by atoms with Gasteiger partial charge in [0.1, 0.15) is 0 Å². The molecule has 40 heavy (non-hydrogen) atoms. The van der Waals surface area contributed by atoms with Gasteiger partial charge < -0.3 is 9.47 Å². The summed E-state index contributed by atoms with van der Waals surface area (Å²) in [7, 11) is 1.28. The van der Waals surface area contributed by atoms with E-state index in [1.807, 2.05) is 0 Å². The Morgan fingerprint density at radius 2 is 1.77 bits per heavy atom. The molecule has 0 aliphatic carbocycles. The van der Waals surface area contributed by atoms with Gasteiger partial charge in [-0.25, -0.2) is 14.3 Å². The van der Waals surface area contributed by atoms with Crippen molar-refractivity contribution in [1.82, 2.24) is 18.9 Å². The summed E-state index contributed by atoms with van der Waals surface area (Å²) in [5.74, 6) is 0. The molecule has 206 valence electrons. The molecule has 0 amide bonds. The van der Waals surface area contributed by atoms with Crippen LogP contribution in [0.5, 0.6) is 0 Å². The highest BCUT2D eigenvalue weighted by Crippen LogP contribution is 2.32. The summed E-state index contributed by atoms with van der Waals surface area (Å²) in [6, 6.07) is 11.0. The van der Waals surface area contributed by atoms with E-state index in [-0.39, 0.29) is 16.9 Å². The van der Waals surface area contributed by atoms with Gasteiger partial charge in [0.05, 0.1) is 54.2 Å². The molecule has 0 saturated carbocycles. The van der Waals surface area contributed by atoms with E-state index in [2.05, 4.69) is 9.94 Å². The molecule has 0 unspecified atom stereocenters. The van der Waals surface area contributed by atoms with E-state index in [0.717, 1.165) is 21.3 Å². The Hall–Kier alpha value is -4.47. The van der Waals surface area contributed by atoms with Gasteiger partial charge in [-0.3, -0.25) is 13.9 Å². The molecule has 1 aliphatic heterocycles. The molecule has 2 aromatic heterocycles. The van der Waals surface area contributed by atoms with Crippen molar-refractivity contribution in [2.75, 3.05) is 13.2 Å². The minimum Gasteiger partial charge on any atom is -0.350 e. The number of rotatable bonds is 6. The predicted octanol–water partition coefficient (Wildman–Crippen LogP) is 4.57. The summed E-state index contributed by atoms with van der Waals surface area (Å²) >= 11 is 0. The number of hydrogen-bond acceptors (Lipinski definition) is 5. The van der Waals surface area contributed by atoms with Crippen LogP contribution in [-0.4, -0.2) is 38.4 Å². The summed E-state index contributed by atoms with van der Waals surface area (Å²) in [5, 5.41) is 4.52. The molecule has 1 fully saturated rings. The highest BCUT2D eigenvalue weighted by Gasteiger charge is 2.31. The van der Waals surface area contributed by atoms with Gasteiger partial charge in [-0.15, -0.1) is 0 Å². The number of nitrogens with zero attached hydrogens (tertiary/aromatic N) is 5. The first-order valence-electron chi connectivity index (χ1n) is 12.4. The average Bonchev–Trinajstić information content (AvgIpc) is 3.61. The van der Waals surface area contributed by atoms with Gasteiger partial charge in [0.2, 0.25) is 0 Å². The molecule has 0 N–H and O–H groups in total. The van der Waals surface area contributed by atoms with Crippen LogP contribution < -0.4 is 11.2 Å². The maximum absolute atomic E-state index is 13.7. The van der Waals surface area contributed by atoms with Crippen molar-refractivity contribution < 1.29 is 22.6 Å².